The van der Waals surface area contributed by atoms with Crippen molar-refractivity contribution in [1.82, 2.24) is 30.1 Å². The van der Waals surface area contributed by atoms with Crippen molar-refractivity contribution in [3.63, 3.8) is 0 Å². The molecule has 1 aliphatic carbocycles. The minimum absolute atomic E-state index is 0.0514. The Morgan fingerprint density at radius 3 is 3.21 bits per heavy atom. The second kappa shape index (κ2) is 6.04. The molecule has 4 rings (SSSR count). The first-order valence-corrected chi connectivity index (χ1v) is 8.03. The van der Waals surface area contributed by atoms with Gasteiger partial charge >= 0.3 is 0 Å². The molecule has 3 aromatic rings. The fourth-order valence-corrected chi connectivity index (χ4v) is 3.07. The number of aliphatic hydroxyl groups is 1. The average Bonchev–Trinajstić information content (AvgIpc) is 3.28. The van der Waals surface area contributed by atoms with E-state index in [1.54, 1.807) is 23.0 Å². The van der Waals surface area contributed by atoms with E-state index in [0.717, 1.165) is 30.5 Å². The van der Waals surface area contributed by atoms with Gasteiger partial charge in [0.2, 0.25) is 0 Å². The molecule has 124 valence electrons. The monoisotopic (exact) mass is 326 g/mol. The largest absolute Gasteiger partial charge is 0.396 e. The number of hydrogen-bond acceptors (Lipinski definition) is 5. The van der Waals surface area contributed by atoms with Crippen LogP contribution >= 0.6 is 0 Å². The molecule has 1 aliphatic rings. The summed E-state index contributed by atoms with van der Waals surface area (Å²) in [6.07, 6.45) is 7.15. The van der Waals surface area contributed by atoms with Crippen molar-refractivity contribution in [2.45, 2.75) is 32.2 Å². The number of hydrogen-bond donors (Lipinski definition) is 3. The zero-order valence-corrected chi connectivity index (χ0v) is 13.1. The molecular weight excluding hydrogens is 308 g/mol. The van der Waals surface area contributed by atoms with Gasteiger partial charge in [-0.15, -0.1) is 0 Å². The molecule has 3 aromatic heterocycles. The SMILES string of the molecule is O=C(NCc1n[nH]c2c1CCC2)c1cc2ncc(CCO)cn2n1. The Morgan fingerprint density at radius 1 is 1.42 bits per heavy atom. The van der Waals surface area contributed by atoms with E-state index in [1.165, 1.54) is 11.3 Å². The smallest absolute Gasteiger partial charge is 0.272 e. The van der Waals surface area contributed by atoms with Crippen molar-refractivity contribution in [2.75, 3.05) is 6.61 Å². The number of carbonyl (C=O) groups is 1. The van der Waals surface area contributed by atoms with Crippen molar-refractivity contribution in [3.8, 4) is 0 Å². The maximum atomic E-state index is 12.3. The van der Waals surface area contributed by atoms with Gasteiger partial charge in [0.15, 0.2) is 11.3 Å². The standard InChI is InChI=1S/C16H18N6O2/c23-5-4-10-7-17-15-6-13(21-22(15)9-10)16(24)18-8-14-11-2-1-3-12(11)19-20-14/h6-7,9,23H,1-5,8H2,(H,18,24)(H,19,20). The van der Waals surface area contributed by atoms with Gasteiger partial charge in [-0.25, -0.2) is 9.50 Å². The number of amides is 1. The van der Waals surface area contributed by atoms with E-state index in [1.807, 2.05) is 0 Å². The molecule has 0 atom stereocenters. The topological polar surface area (TPSA) is 108 Å². The number of fused-ring (bicyclic) bond motifs is 2. The zero-order valence-electron chi connectivity index (χ0n) is 13.1. The molecule has 3 heterocycles. The summed E-state index contributed by atoms with van der Waals surface area (Å²) >= 11 is 0. The van der Waals surface area contributed by atoms with Crippen molar-refractivity contribution in [1.29, 1.82) is 0 Å². The molecule has 1 amide bonds. The lowest BCUT2D eigenvalue weighted by atomic mass is 10.2. The predicted molar refractivity (Wildman–Crippen MR) is 85.6 cm³/mol. The number of rotatable bonds is 5. The Morgan fingerprint density at radius 2 is 2.33 bits per heavy atom. The summed E-state index contributed by atoms with van der Waals surface area (Å²) in [5.41, 5.74) is 5.11. The van der Waals surface area contributed by atoms with Gasteiger partial charge in [0.25, 0.3) is 5.91 Å². The van der Waals surface area contributed by atoms with Crippen LogP contribution in [-0.4, -0.2) is 42.4 Å². The highest BCUT2D eigenvalue weighted by Crippen LogP contribution is 2.22. The Bertz CT molecular complexity index is 897. The third kappa shape index (κ3) is 2.65. The van der Waals surface area contributed by atoms with E-state index in [-0.39, 0.29) is 12.5 Å². The summed E-state index contributed by atoms with van der Waals surface area (Å²) < 4.78 is 1.56. The lowest BCUT2D eigenvalue weighted by molar-refractivity contribution is 0.0945. The molecule has 0 saturated heterocycles. The maximum Gasteiger partial charge on any atom is 0.272 e. The number of carbonyl (C=O) groups excluding carboxylic acids is 1. The van der Waals surface area contributed by atoms with Crippen LogP contribution in [0.15, 0.2) is 18.5 Å². The maximum absolute atomic E-state index is 12.3. The average molecular weight is 326 g/mol. The Balaban J connectivity index is 1.48. The minimum Gasteiger partial charge on any atom is -0.396 e. The lowest BCUT2D eigenvalue weighted by Gasteiger charge is -2.01. The fourth-order valence-electron chi connectivity index (χ4n) is 3.07. The summed E-state index contributed by atoms with van der Waals surface area (Å²) in [5.74, 6) is -0.251. The van der Waals surface area contributed by atoms with Gasteiger partial charge in [-0.05, 0) is 36.8 Å². The third-order valence-corrected chi connectivity index (χ3v) is 4.31. The molecule has 0 saturated carbocycles. The van der Waals surface area contributed by atoms with Crippen molar-refractivity contribution < 1.29 is 9.90 Å². The summed E-state index contributed by atoms with van der Waals surface area (Å²) in [6.45, 7) is 0.442. The molecule has 8 heteroatoms. The van der Waals surface area contributed by atoms with Crippen LogP contribution in [0.4, 0.5) is 0 Å². The Kier molecular flexibility index (Phi) is 3.73. The molecule has 0 bridgehead atoms. The van der Waals surface area contributed by atoms with E-state index in [9.17, 15) is 4.79 Å². The second-order valence-corrected chi connectivity index (χ2v) is 5.93. The predicted octanol–water partition coefficient (Wildman–Crippen LogP) is 0.406. The first-order valence-electron chi connectivity index (χ1n) is 8.03. The summed E-state index contributed by atoms with van der Waals surface area (Å²) in [7, 11) is 0. The highest BCUT2D eigenvalue weighted by atomic mass is 16.3. The van der Waals surface area contributed by atoms with Gasteiger partial charge in [0.1, 0.15) is 0 Å². The quantitative estimate of drug-likeness (QED) is 0.629. The van der Waals surface area contributed by atoms with Crippen molar-refractivity contribution in [2.24, 2.45) is 0 Å². The first kappa shape index (κ1) is 14.8. The van der Waals surface area contributed by atoms with Crippen molar-refractivity contribution in [3.05, 3.63) is 46.7 Å². The van der Waals surface area contributed by atoms with Crippen LogP contribution in [0.25, 0.3) is 5.65 Å². The lowest BCUT2D eigenvalue weighted by Crippen LogP contribution is -2.24. The van der Waals surface area contributed by atoms with Gasteiger partial charge in [0, 0.05) is 30.8 Å². The first-order chi connectivity index (χ1) is 11.7. The van der Waals surface area contributed by atoms with Crippen LogP contribution in [-0.2, 0) is 25.8 Å². The third-order valence-electron chi connectivity index (χ3n) is 4.31. The zero-order chi connectivity index (χ0) is 16.5. The highest BCUT2D eigenvalue weighted by Gasteiger charge is 2.19. The number of aromatic nitrogens is 5. The van der Waals surface area contributed by atoms with E-state index in [0.29, 0.717) is 24.3 Å². The highest BCUT2D eigenvalue weighted by molar-refractivity contribution is 5.93. The van der Waals surface area contributed by atoms with Crippen LogP contribution in [0.2, 0.25) is 0 Å². The number of aryl methyl sites for hydroxylation is 1. The van der Waals surface area contributed by atoms with Crippen LogP contribution in [0, 0.1) is 0 Å². The fraction of sp³-hybridized carbons (Fsp3) is 0.375. The Hall–Kier alpha value is -2.74. The molecule has 8 nitrogen and oxygen atoms in total. The molecule has 3 N–H and O–H groups in total. The molecule has 24 heavy (non-hydrogen) atoms. The van der Waals surface area contributed by atoms with Gasteiger partial charge in [-0.1, -0.05) is 0 Å². The normalized spacial score (nSPS) is 13.4. The number of nitrogens with one attached hydrogen (secondary N) is 2. The molecule has 0 unspecified atom stereocenters. The summed E-state index contributed by atoms with van der Waals surface area (Å²) in [6, 6.07) is 1.65. The molecule has 0 spiro atoms. The van der Waals surface area contributed by atoms with Crippen molar-refractivity contribution >= 4 is 11.6 Å². The van der Waals surface area contributed by atoms with Gasteiger partial charge in [-0.3, -0.25) is 9.89 Å². The van der Waals surface area contributed by atoms with Gasteiger partial charge in [0.05, 0.1) is 12.2 Å². The van der Waals surface area contributed by atoms with E-state index >= 15 is 0 Å². The summed E-state index contributed by atoms with van der Waals surface area (Å²) in [5, 5.41) is 23.4. The molecule has 0 aliphatic heterocycles. The van der Waals surface area contributed by atoms with Gasteiger partial charge in [-0.2, -0.15) is 10.2 Å². The molecular formula is C16H18N6O2. The van der Waals surface area contributed by atoms with Crippen LogP contribution in [0.1, 0.15) is 39.4 Å². The van der Waals surface area contributed by atoms with Crippen LogP contribution in [0.5, 0.6) is 0 Å². The van der Waals surface area contributed by atoms with Gasteiger partial charge < -0.3 is 10.4 Å². The molecule has 0 aromatic carbocycles. The molecule has 0 fully saturated rings. The number of aromatic amines is 1. The van der Waals surface area contributed by atoms with E-state index < -0.39 is 0 Å². The second-order valence-electron chi connectivity index (χ2n) is 5.93. The number of H-pyrrole nitrogens is 1. The Labute approximate surface area is 137 Å². The van der Waals surface area contributed by atoms with E-state index in [4.69, 9.17) is 5.11 Å². The number of aliphatic hydroxyl groups excluding tert-OH is 1. The van der Waals surface area contributed by atoms with E-state index in [2.05, 4.69) is 25.6 Å². The minimum atomic E-state index is -0.251. The number of nitrogens with zero attached hydrogens (tertiary/aromatic N) is 4. The van der Waals surface area contributed by atoms with Crippen LogP contribution in [0.3, 0.4) is 0 Å². The summed E-state index contributed by atoms with van der Waals surface area (Å²) in [4.78, 5) is 16.6. The molecule has 0 radical (unpaired) electrons. The van der Waals surface area contributed by atoms with Crippen LogP contribution < -0.4 is 5.32 Å².